The Morgan fingerprint density at radius 3 is 2.50 bits per heavy atom. The minimum atomic E-state index is 0.523. The molecule has 3 nitrogen and oxygen atoms in total. The fourth-order valence-electron chi connectivity index (χ4n) is 1.80. The van der Waals surface area contributed by atoms with Crippen LogP contribution in [-0.4, -0.2) is 6.61 Å². The highest BCUT2D eigenvalue weighted by Crippen LogP contribution is 2.33. The van der Waals surface area contributed by atoms with Crippen LogP contribution in [0.3, 0.4) is 0 Å². The highest BCUT2D eigenvalue weighted by molar-refractivity contribution is 5.49. The fraction of sp³-hybridized carbons (Fsp3) is 0.235. The van der Waals surface area contributed by atoms with Gasteiger partial charge >= 0.3 is 0 Å². The molecule has 2 aromatic carbocycles. The van der Waals surface area contributed by atoms with Crippen LogP contribution in [0.4, 0.5) is 0 Å². The molecule has 0 saturated heterocycles. The van der Waals surface area contributed by atoms with Gasteiger partial charge < -0.3 is 9.47 Å². The minimum Gasteiger partial charge on any atom is -0.490 e. The van der Waals surface area contributed by atoms with Crippen LogP contribution < -0.4 is 9.47 Å². The normalized spacial score (nSPS) is 9.85. The van der Waals surface area contributed by atoms with E-state index in [1.807, 2.05) is 49.4 Å². The Morgan fingerprint density at radius 2 is 1.80 bits per heavy atom. The average molecular weight is 267 g/mol. The molecule has 3 heteroatoms. The first-order chi connectivity index (χ1) is 9.74. The number of benzene rings is 2. The van der Waals surface area contributed by atoms with Crippen molar-refractivity contribution in [2.45, 2.75) is 20.3 Å². The summed E-state index contributed by atoms with van der Waals surface area (Å²) in [4.78, 5) is 0. The first kappa shape index (κ1) is 14.0. The van der Waals surface area contributed by atoms with Gasteiger partial charge in [0.05, 0.1) is 12.2 Å². The molecule has 0 saturated carbocycles. The van der Waals surface area contributed by atoms with E-state index in [1.54, 1.807) is 0 Å². The molecule has 0 aliphatic heterocycles. The molecule has 20 heavy (non-hydrogen) atoms. The number of hydrogen-bond donors (Lipinski definition) is 0. The molecule has 0 aliphatic carbocycles. The van der Waals surface area contributed by atoms with Gasteiger partial charge in [0.2, 0.25) is 0 Å². The summed E-state index contributed by atoms with van der Waals surface area (Å²) in [7, 11) is 0. The maximum atomic E-state index is 9.17. The van der Waals surface area contributed by atoms with Crippen molar-refractivity contribution in [3.8, 4) is 23.3 Å². The smallest absolute Gasteiger partial charge is 0.169 e. The summed E-state index contributed by atoms with van der Waals surface area (Å²) in [6, 6.07) is 15.2. The van der Waals surface area contributed by atoms with E-state index in [2.05, 4.69) is 13.0 Å². The van der Waals surface area contributed by atoms with Gasteiger partial charge in [0, 0.05) is 0 Å². The van der Waals surface area contributed by atoms with Crippen molar-refractivity contribution in [3.63, 3.8) is 0 Å². The Bertz CT molecular complexity index is 629. The number of rotatable bonds is 5. The Hall–Kier alpha value is -2.47. The Morgan fingerprint density at radius 1 is 1.05 bits per heavy atom. The van der Waals surface area contributed by atoms with Crippen LogP contribution in [0.1, 0.15) is 24.5 Å². The van der Waals surface area contributed by atoms with Crippen LogP contribution in [0.5, 0.6) is 17.2 Å². The van der Waals surface area contributed by atoms with E-state index in [4.69, 9.17) is 9.47 Å². The molecule has 0 N–H and O–H groups in total. The number of nitrogens with zero attached hydrogens (tertiary/aromatic N) is 1. The summed E-state index contributed by atoms with van der Waals surface area (Å²) in [5, 5.41) is 9.17. The van der Waals surface area contributed by atoms with Gasteiger partial charge in [0.1, 0.15) is 11.8 Å². The third kappa shape index (κ3) is 3.30. The Kier molecular flexibility index (Phi) is 4.62. The maximum Gasteiger partial charge on any atom is 0.169 e. The van der Waals surface area contributed by atoms with Crippen molar-refractivity contribution in [3.05, 3.63) is 53.6 Å². The Balaban J connectivity index is 2.28. The van der Waals surface area contributed by atoms with Crippen LogP contribution in [0.25, 0.3) is 0 Å². The van der Waals surface area contributed by atoms with Crippen LogP contribution in [0, 0.1) is 18.3 Å². The van der Waals surface area contributed by atoms with Gasteiger partial charge in [0.15, 0.2) is 11.5 Å². The molecular weight excluding hydrogens is 250 g/mol. The quantitative estimate of drug-likeness (QED) is 0.803. The zero-order valence-corrected chi connectivity index (χ0v) is 11.7. The second-order valence-corrected chi connectivity index (χ2v) is 4.51. The maximum absolute atomic E-state index is 9.17. The highest BCUT2D eigenvalue weighted by atomic mass is 16.5. The predicted octanol–water partition coefficient (Wildman–Crippen LogP) is 4.45. The monoisotopic (exact) mass is 267 g/mol. The van der Waals surface area contributed by atoms with E-state index in [-0.39, 0.29) is 0 Å². The predicted molar refractivity (Wildman–Crippen MR) is 78.2 cm³/mol. The second kappa shape index (κ2) is 6.63. The summed E-state index contributed by atoms with van der Waals surface area (Å²) in [6.45, 7) is 4.64. The van der Waals surface area contributed by atoms with E-state index in [0.29, 0.717) is 29.4 Å². The molecule has 0 heterocycles. The third-order valence-corrected chi connectivity index (χ3v) is 2.79. The summed E-state index contributed by atoms with van der Waals surface area (Å²) >= 11 is 0. The van der Waals surface area contributed by atoms with Crippen LogP contribution in [-0.2, 0) is 0 Å². The lowest BCUT2D eigenvalue weighted by atomic mass is 10.1. The first-order valence-electron chi connectivity index (χ1n) is 6.65. The lowest BCUT2D eigenvalue weighted by Gasteiger charge is -2.12. The zero-order valence-electron chi connectivity index (χ0n) is 11.7. The molecule has 0 amide bonds. The van der Waals surface area contributed by atoms with E-state index in [9.17, 15) is 5.26 Å². The van der Waals surface area contributed by atoms with Gasteiger partial charge in [-0.05, 0) is 43.2 Å². The Labute approximate surface area is 119 Å². The molecular formula is C17H17NO2. The number of hydrogen-bond acceptors (Lipinski definition) is 3. The standard InChI is InChI=1S/C17H17NO2/c1-3-10-19-16-6-4-5-7-17(16)20-15-9-8-13(2)11-14(15)12-18/h4-9,11H,3,10H2,1-2H3. The van der Waals surface area contributed by atoms with Gasteiger partial charge in [0.25, 0.3) is 0 Å². The summed E-state index contributed by atoms with van der Waals surface area (Å²) in [5.74, 6) is 1.87. The lowest BCUT2D eigenvalue weighted by molar-refractivity contribution is 0.302. The molecule has 0 radical (unpaired) electrons. The molecule has 0 aromatic heterocycles. The molecule has 2 rings (SSSR count). The average Bonchev–Trinajstić information content (AvgIpc) is 2.48. The van der Waals surface area contributed by atoms with Crippen molar-refractivity contribution in [2.75, 3.05) is 6.61 Å². The molecule has 0 unspecified atom stereocenters. The molecule has 0 aliphatic rings. The van der Waals surface area contributed by atoms with Crippen LogP contribution >= 0.6 is 0 Å². The SMILES string of the molecule is CCCOc1ccccc1Oc1ccc(C)cc1C#N. The molecule has 0 fully saturated rings. The minimum absolute atomic E-state index is 0.523. The van der Waals surface area contributed by atoms with Crippen molar-refractivity contribution in [2.24, 2.45) is 0 Å². The van der Waals surface area contributed by atoms with E-state index in [1.165, 1.54) is 0 Å². The molecule has 0 bridgehead atoms. The van der Waals surface area contributed by atoms with Gasteiger partial charge in [-0.2, -0.15) is 5.26 Å². The van der Waals surface area contributed by atoms with Crippen LogP contribution in [0.15, 0.2) is 42.5 Å². The number of ether oxygens (including phenoxy) is 2. The van der Waals surface area contributed by atoms with Crippen molar-refractivity contribution < 1.29 is 9.47 Å². The summed E-state index contributed by atoms with van der Waals surface area (Å²) in [5.41, 5.74) is 1.56. The highest BCUT2D eigenvalue weighted by Gasteiger charge is 2.09. The fourth-order valence-corrected chi connectivity index (χ4v) is 1.80. The summed E-state index contributed by atoms with van der Waals surface area (Å²) < 4.78 is 11.5. The topological polar surface area (TPSA) is 42.2 Å². The first-order valence-corrected chi connectivity index (χ1v) is 6.65. The van der Waals surface area contributed by atoms with Gasteiger partial charge in [-0.15, -0.1) is 0 Å². The number of nitriles is 1. The van der Waals surface area contributed by atoms with Crippen molar-refractivity contribution in [1.29, 1.82) is 5.26 Å². The van der Waals surface area contributed by atoms with E-state index < -0.39 is 0 Å². The molecule has 0 spiro atoms. The molecule has 0 atom stereocenters. The lowest BCUT2D eigenvalue weighted by Crippen LogP contribution is -1.98. The van der Waals surface area contributed by atoms with E-state index in [0.717, 1.165) is 12.0 Å². The van der Waals surface area contributed by atoms with Crippen molar-refractivity contribution >= 4 is 0 Å². The van der Waals surface area contributed by atoms with Crippen LogP contribution in [0.2, 0.25) is 0 Å². The van der Waals surface area contributed by atoms with Crippen molar-refractivity contribution in [1.82, 2.24) is 0 Å². The molecule has 102 valence electrons. The third-order valence-electron chi connectivity index (χ3n) is 2.79. The van der Waals surface area contributed by atoms with Gasteiger partial charge in [-0.25, -0.2) is 0 Å². The zero-order chi connectivity index (χ0) is 14.4. The number of para-hydroxylation sites is 2. The second-order valence-electron chi connectivity index (χ2n) is 4.51. The van der Waals surface area contributed by atoms with E-state index >= 15 is 0 Å². The largest absolute Gasteiger partial charge is 0.490 e. The van der Waals surface area contributed by atoms with Gasteiger partial charge in [-0.3, -0.25) is 0 Å². The molecule has 2 aromatic rings. The summed E-state index contributed by atoms with van der Waals surface area (Å²) in [6.07, 6.45) is 0.933. The number of aryl methyl sites for hydroxylation is 1. The van der Waals surface area contributed by atoms with Gasteiger partial charge in [-0.1, -0.05) is 25.1 Å².